The number of carbonyl (C=O) groups is 3. The number of rotatable bonds is 42. The third-order valence-electron chi connectivity index (χ3n) is 9.73. The zero-order chi connectivity index (χ0) is 47.2. The van der Waals surface area contributed by atoms with Crippen molar-refractivity contribution in [3.8, 4) is 0 Å². The van der Waals surface area contributed by atoms with E-state index in [-0.39, 0.29) is 37.5 Å². The van der Waals surface area contributed by atoms with Crippen LogP contribution in [0.4, 0.5) is 0 Å². The van der Waals surface area contributed by atoms with Gasteiger partial charge in [0.25, 0.3) is 0 Å². The molecule has 1 atom stereocenters. The van der Waals surface area contributed by atoms with E-state index in [1.807, 2.05) is 85.1 Å². The van der Waals surface area contributed by atoms with E-state index >= 15 is 0 Å². The fourth-order valence-corrected chi connectivity index (χ4v) is 6.03. The number of unbranched alkanes of at least 4 members (excludes halogenated alkanes) is 13. The van der Waals surface area contributed by atoms with E-state index in [1.54, 1.807) is 0 Å². The number of esters is 3. The van der Waals surface area contributed by atoms with Gasteiger partial charge in [-0.2, -0.15) is 0 Å². The van der Waals surface area contributed by atoms with Gasteiger partial charge in [0.05, 0.1) is 0 Å². The maximum absolute atomic E-state index is 12.8. The van der Waals surface area contributed by atoms with Crippen LogP contribution in [0.25, 0.3) is 0 Å². The maximum Gasteiger partial charge on any atom is 0.306 e. The summed E-state index contributed by atoms with van der Waals surface area (Å²) < 4.78 is 16.7. The molecule has 360 valence electrons. The van der Waals surface area contributed by atoms with E-state index in [4.69, 9.17) is 14.2 Å². The Labute approximate surface area is 397 Å². The van der Waals surface area contributed by atoms with Crippen LogP contribution in [0.15, 0.2) is 158 Å². The van der Waals surface area contributed by atoms with Crippen LogP contribution in [0.3, 0.4) is 0 Å². The van der Waals surface area contributed by atoms with E-state index in [0.29, 0.717) is 19.3 Å². The lowest BCUT2D eigenvalue weighted by Crippen LogP contribution is -2.30. The van der Waals surface area contributed by atoms with E-state index < -0.39 is 6.10 Å². The van der Waals surface area contributed by atoms with Gasteiger partial charge in [0.2, 0.25) is 0 Å². The van der Waals surface area contributed by atoms with Gasteiger partial charge in [0.1, 0.15) is 13.2 Å². The predicted molar refractivity (Wildman–Crippen MR) is 278 cm³/mol. The average Bonchev–Trinajstić information content (AvgIpc) is 3.30. The molecule has 0 radical (unpaired) electrons. The van der Waals surface area contributed by atoms with E-state index in [0.717, 1.165) is 122 Å². The molecule has 0 aromatic rings. The Balaban J connectivity index is 4.60. The number of ether oxygens (including phenoxy) is 3. The third kappa shape index (κ3) is 49.9. The van der Waals surface area contributed by atoms with Crippen molar-refractivity contribution in [1.29, 1.82) is 0 Å². The number of hydrogen-bond acceptors (Lipinski definition) is 6. The highest BCUT2D eigenvalue weighted by atomic mass is 16.6. The molecular weight excluding hydrogens is 805 g/mol. The molecule has 0 saturated carbocycles. The largest absolute Gasteiger partial charge is 0.462 e. The molecule has 0 amide bonds. The topological polar surface area (TPSA) is 78.9 Å². The second-order valence-corrected chi connectivity index (χ2v) is 15.8. The Bertz CT molecular complexity index is 1540. The highest BCUT2D eigenvalue weighted by molar-refractivity contribution is 5.71. The Kier molecular flexibility index (Phi) is 47.7. The monoisotopic (exact) mass is 893 g/mol. The Morgan fingerprint density at radius 1 is 0.338 bits per heavy atom. The molecule has 0 N–H and O–H groups in total. The molecule has 0 aromatic carbocycles. The summed E-state index contributed by atoms with van der Waals surface area (Å²) in [5.74, 6) is -1.03. The van der Waals surface area contributed by atoms with Gasteiger partial charge in [-0.1, -0.05) is 224 Å². The molecule has 0 fully saturated rings. The van der Waals surface area contributed by atoms with Gasteiger partial charge < -0.3 is 14.2 Å². The fourth-order valence-electron chi connectivity index (χ4n) is 6.03. The molecule has 0 spiro atoms. The number of allylic oxidation sites excluding steroid dienone is 26. The Hall–Kier alpha value is -4.97. The summed E-state index contributed by atoms with van der Waals surface area (Å²) in [6.45, 7) is 6.18. The summed E-state index contributed by atoms with van der Waals surface area (Å²) in [6, 6.07) is 0. The molecule has 0 aliphatic carbocycles. The molecule has 0 aliphatic rings. The zero-order valence-corrected chi connectivity index (χ0v) is 40.9. The number of hydrogen-bond donors (Lipinski definition) is 0. The predicted octanol–water partition coefficient (Wildman–Crippen LogP) is 16.6. The summed E-state index contributed by atoms with van der Waals surface area (Å²) >= 11 is 0. The highest BCUT2D eigenvalue weighted by Crippen LogP contribution is 2.12. The number of carbonyl (C=O) groups excluding carboxylic acids is 3. The summed E-state index contributed by atoms with van der Waals surface area (Å²) in [7, 11) is 0. The minimum absolute atomic E-state index is 0.124. The van der Waals surface area contributed by atoms with E-state index in [1.165, 1.54) is 6.42 Å². The summed E-state index contributed by atoms with van der Waals surface area (Å²) in [5, 5.41) is 0. The molecule has 6 nitrogen and oxygen atoms in total. The van der Waals surface area contributed by atoms with Gasteiger partial charge >= 0.3 is 17.9 Å². The molecule has 0 aliphatic heterocycles. The summed E-state index contributed by atoms with van der Waals surface area (Å²) in [6.07, 6.45) is 75.0. The van der Waals surface area contributed by atoms with Crippen LogP contribution in [-0.2, 0) is 28.6 Å². The molecule has 0 saturated heterocycles. The van der Waals surface area contributed by atoms with Crippen molar-refractivity contribution in [2.24, 2.45) is 0 Å². The van der Waals surface area contributed by atoms with Crippen molar-refractivity contribution in [1.82, 2.24) is 0 Å². The minimum atomic E-state index is -0.828. The summed E-state index contributed by atoms with van der Waals surface area (Å²) in [4.78, 5) is 38.0. The van der Waals surface area contributed by atoms with Crippen LogP contribution in [-0.4, -0.2) is 37.2 Å². The third-order valence-corrected chi connectivity index (χ3v) is 9.73. The van der Waals surface area contributed by atoms with Crippen LogP contribution >= 0.6 is 0 Å². The molecule has 0 aromatic heterocycles. The van der Waals surface area contributed by atoms with Crippen molar-refractivity contribution in [2.75, 3.05) is 13.2 Å². The van der Waals surface area contributed by atoms with Gasteiger partial charge in [-0.15, -0.1) is 0 Å². The lowest BCUT2D eigenvalue weighted by molar-refractivity contribution is -0.167. The van der Waals surface area contributed by atoms with E-state index in [2.05, 4.69) is 93.7 Å². The normalized spacial score (nSPS) is 13.5. The Morgan fingerprint density at radius 2 is 0.677 bits per heavy atom. The van der Waals surface area contributed by atoms with Gasteiger partial charge in [0.15, 0.2) is 6.10 Å². The van der Waals surface area contributed by atoms with Crippen molar-refractivity contribution in [3.05, 3.63) is 158 Å². The molecule has 0 heterocycles. The second kappa shape index (κ2) is 51.7. The van der Waals surface area contributed by atoms with Crippen LogP contribution in [0, 0.1) is 0 Å². The van der Waals surface area contributed by atoms with Crippen molar-refractivity contribution >= 4 is 17.9 Å². The second-order valence-electron chi connectivity index (χ2n) is 15.8. The molecule has 65 heavy (non-hydrogen) atoms. The van der Waals surface area contributed by atoms with Crippen molar-refractivity contribution < 1.29 is 28.6 Å². The average molecular weight is 893 g/mol. The smallest absolute Gasteiger partial charge is 0.306 e. The standard InChI is InChI=1S/C59H88O6/c1-4-7-10-13-16-19-22-25-28-29-30-32-34-37-40-43-46-49-52-58(61)64-55-56(54-63-57(60)51-48-45-42-39-36-33-27-24-21-18-15-12-9-6-3)65-59(62)53-50-47-44-41-38-35-31-26-23-20-17-14-11-8-5-2/h8-14,16-23,25-33,35,38,56H,4-7,15,24,34,36-37,39-55H2,1-3H3/b11-8-,12-9-,13-10-,17-14-,19-16-,21-18-,23-20-,25-22-,29-28-,31-26-,32-30-,33-27-,38-35-. The highest BCUT2D eigenvalue weighted by Gasteiger charge is 2.19. The first kappa shape index (κ1) is 60.0. The first-order valence-corrected chi connectivity index (χ1v) is 25.1. The molecule has 6 heteroatoms. The van der Waals surface area contributed by atoms with E-state index in [9.17, 15) is 14.4 Å². The van der Waals surface area contributed by atoms with Crippen LogP contribution in [0.5, 0.6) is 0 Å². The molecular formula is C59H88O6. The van der Waals surface area contributed by atoms with Crippen LogP contribution in [0.2, 0.25) is 0 Å². The maximum atomic E-state index is 12.8. The zero-order valence-electron chi connectivity index (χ0n) is 40.9. The molecule has 0 bridgehead atoms. The van der Waals surface area contributed by atoms with Gasteiger partial charge in [-0.05, 0) is 89.9 Å². The van der Waals surface area contributed by atoms with Crippen LogP contribution in [0.1, 0.15) is 175 Å². The molecule has 1 unspecified atom stereocenters. The first-order chi connectivity index (χ1) is 32.0. The van der Waals surface area contributed by atoms with Crippen molar-refractivity contribution in [2.45, 2.75) is 181 Å². The van der Waals surface area contributed by atoms with Crippen LogP contribution < -0.4 is 0 Å². The lowest BCUT2D eigenvalue weighted by atomic mass is 10.1. The lowest BCUT2D eigenvalue weighted by Gasteiger charge is -2.18. The van der Waals surface area contributed by atoms with Gasteiger partial charge in [-0.25, -0.2) is 0 Å². The quantitative estimate of drug-likeness (QED) is 0.0200. The van der Waals surface area contributed by atoms with Gasteiger partial charge in [-0.3, -0.25) is 14.4 Å². The van der Waals surface area contributed by atoms with Gasteiger partial charge in [0, 0.05) is 19.3 Å². The van der Waals surface area contributed by atoms with Crippen molar-refractivity contribution in [3.63, 3.8) is 0 Å². The molecule has 0 rings (SSSR count). The Morgan fingerprint density at radius 3 is 1.14 bits per heavy atom. The SMILES string of the molecule is CC\C=C/C=C\C=C/C=C\C=C/CCCCCC(=O)OC(COC(=O)CCCCCC/C=C\C/C=C\C/C=C\CC)COC(=O)CCCCCCC\C=C/C=C\C=C/C=C\C=C/CCC. The summed E-state index contributed by atoms with van der Waals surface area (Å²) in [5.41, 5.74) is 0. The first-order valence-electron chi connectivity index (χ1n) is 25.1. The minimum Gasteiger partial charge on any atom is -0.462 e. The fraction of sp³-hybridized carbons (Fsp3) is 0.508.